The fraction of sp³-hybridized carbons (Fsp3) is 0. The molecule has 70 valence electrons. The molecule has 2 aromatic heterocycles. The highest BCUT2D eigenvalue weighted by atomic mass is 16.3. The molecule has 2 heteroatoms. The predicted octanol–water partition coefficient (Wildman–Crippen LogP) is 3.60. The third kappa shape index (κ3) is 2.26. The van der Waals surface area contributed by atoms with Crippen LogP contribution < -0.4 is 0 Å². The van der Waals surface area contributed by atoms with Crippen molar-refractivity contribution < 1.29 is 8.83 Å². The second-order valence-corrected chi connectivity index (χ2v) is 2.75. The van der Waals surface area contributed by atoms with Crippen LogP contribution in [0.15, 0.2) is 57.8 Å². The second kappa shape index (κ2) is 4.33. The molecule has 0 saturated carbocycles. The van der Waals surface area contributed by atoms with E-state index in [4.69, 9.17) is 8.83 Å². The molecule has 0 radical (unpaired) electrons. The summed E-state index contributed by atoms with van der Waals surface area (Å²) < 4.78 is 10.3. The van der Waals surface area contributed by atoms with E-state index < -0.39 is 0 Å². The topological polar surface area (TPSA) is 26.3 Å². The van der Waals surface area contributed by atoms with Crippen molar-refractivity contribution in [3.8, 4) is 0 Å². The Hall–Kier alpha value is -1.96. The maximum absolute atomic E-state index is 5.13. The first-order chi connectivity index (χ1) is 6.95. The zero-order chi connectivity index (χ0) is 9.64. The van der Waals surface area contributed by atoms with E-state index in [0.29, 0.717) is 0 Å². The largest absolute Gasteiger partial charge is 0.465 e. The van der Waals surface area contributed by atoms with Gasteiger partial charge in [0.05, 0.1) is 12.5 Å². The van der Waals surface area contributed by atoms with E-state index in [0.717, 1.165) is 11.5 Å². The lowest BCUT2D eigenvalue weighted by Crippen LogP contribution is -1.59. The average Bonchev–Trinajstić information content (AvgIpc) is 2.86. The third-order valence-electron chi connectivity index (χ3n) is 1.72. The van der Waals surface area contributed by atoms with E-state index >= 15 is 0 Å². The van der Waals surface area contributed by atoms with Gasteiger partial charge in [-0.2, -0.15) is 0 Å². The number of allylic oxidation sites excluding steroid dienone is 2. The first-order valence-electron chi connectivity index (χ1n) is 4.37. The average molecular weight is 186 g/mol. The van der Waals surface area contributed by atoms with Gasteiger partial charge in [0.1, 0.15) is 11.5 Å². The molecule has 0 bridgehead atoms. The maximum Gasteiger partial charge on any atom is 0.126 e. The van der Waals surface area contributed by atoms with Crippen molar-refractivity contribution in [1.29, 1.82) is 0 Å². The minimum atomic E-state index is 0.842. The molecule has 0 N–H and O–H groups in total. The van der Waals surface area contributed by atoms with Gasteiger partial charge in [-0.05, 0) is 36.4 Å². The zero-order valence-electron chi connectivity index (χ0n) is 7.59. The van der Waals surface area contributed by atoms with Crippen LogP contribution in [0.1, 0.15) is 11.5 Å². The van der Waals surface area contributed by atoms with E-state index in [2.05, 4.69) is 0 Å². The lowest BCUT2D eigenvalue weighted by Gasteiger charge is -1.81. The van der Waals surface area contributed by atoms with Crippen LogP contribution in [0.3, 0.4) is 0 Å². The van der Waals surface area contributed by atoms with Gasteiger partial charge in [0.15, 0.2) is 0 Å². The van der Waals surface area contributed by atoms with Gasteiger partial charge >= 0.3 is 0 Å². The molecule has 2 rings (SSSR count). The Bertz CT molecular complexity index is 363. The van der Waals surface area contributed by atoms with Crippen LogP contribution in [0.5, 0.6) is 0 Å². The Morgan fingerprint density at radius 2 is 1.29 bits per heavy atom. The lowest BCUT2D eigenvalue weighted by molar-refractivity contribution is 0.556. The molecule has 0 amide bonds. The van der Waals surface area contributed by atoms with Gasteiger partial charge < -0.3 is 8.83 Å². The van der Waals surface area contributed by atoms with Crippen molar-refractivity contribution in [3.05, 3.63) is 60.5 Å². The van der Waals surface area contributed by atoms with Crippen molar-refractivity contribution >= 4 is 12.2 Å². The van der Waals surface area contributed by atoms with E-state index in [1.54, 1.807) is 12.5 Å². The predicted molar refractivity (Wildman–Crippen MR) is 55.5 cm³/mol. The second-order valence-electron chi connectivity index (χ2n) is 2.75. The fourth-order valence-corrected chi connectivity index (χ4v) is 1.07. The van der Waals surface area contributed by atoms with Gasteiger partial charge in [0.2, 0.25) is 0 Å². The zero-order valence-corrected chi connectivity index (χ0v) is 7.59. The first kappa shape index (κ1) is 8.63. The monoisotopic (exact) mass is 186 g/mol. The molecule has 0 saturated heterocycles. The van der Waals surface area contributed by atoms with Crippen molar-refractivity contribution in [2.45, 2.75) is 0 Å². The highest BCUT2D eigenvalue weighted by molar-refractivity contribution is 5.51. The van der Waals surface area contributed by atoms with Gasteiger partial charge in [-0.15, -0.1) is 0 Å². The van der Waals surface area contributed by atoms with E-state index in [-0.39, 0.29) is 0 Å². The van der Waals surface area contributed by atoms with Crippen LogP contribution in [-0.4, -0.2) is 0 Å². The molecule has 0 unspecified atom stereocenters. The summed E-state index contributed by atoms with van der Waals surface area (Å²) in [6.45, 7) is 0. The third-order valence-corrected chi connectivity index (χ3v) is 1.72. The standard InChI is InChI=1S/C12H10O2/c1(5-11-7-3-9-13-11)2-6-12-8-4-10-14-12/h1-10H. The van der Waals surface area contributed by atoms with Crippen molar-refractivity contribution in [1.82, 2.24) is 0 Å². The Kier molecular flexibility index (Phi) is 2.67. The quantitative estimate of drug-likeness (QED) is 0.684. The summed E-state index contributed by atoms with van der Waals surface area (Å²) >= 11 is 0. The summed E-state index contributed by atoms with van der Waals surface area (Å²) in [7, 11) is 0. The number of furan rings is 2. The Labute approximate surface area is 82.2 Å². The number of hydrogen-bond donors (Lipinski definition) is 0. The van der Waals surface area contributed by atoms with E-state index in [9.17, 15) is 0 Å². The summed E-state index contributed by atoms with van der Waals surface area (Å²) in [6.07, 6.45) is 10.9. The minimum absolute atomic E-state index is 0.842. The highest BCUT2D eigenvalue weighted by Gasteiger charge is 1.86. The van der Waals surface area contributed by atoms with E-state index in [1.165, 1.54) is 0 Å². The van der Waals surface area contributed by atoms with Gasteiger partial charge in [0, 0.05) is 0 Å². The molecule has 0 aliphatic heterocycles. The molecule has 0 atom stereocenters. The molecule has 14 heavy (non-hydrogen) atoms. The Morgan fingerprint density at radius 1 is 0.786 bits per heavy atom. The van der Waals surface area contributed by atoms with E-state index in [1.807, 2.05) is 48.6 Å². The summed E-state index contributed by atoms with van der Waals surface area (Å²) in [5, 5.41) is 0. The molecule has 0 aromatic carbocycles. The summed E-state index contributed by atoms with van der Waals surface area (Å²) in [5.41, 5.74) is 0. The number of rotatable bonds is 3. The van der Waals surface area contributed by atoms with Crippen molar-refractivity contribution in [2.24, 2.45) is 0 Å². The molecule has 2 aromatic rings. The molecule has 0 aliphatic carbocycles. The Balaban J connectivity index is 1.94. The molecular formula is C12H10O2. The molecule has 0 fully saturated rings. The van der Waals surface area contributed by atoms with Gasteiger partial charge in [-0.25, -0.2) is 0 Å². The van der Waals surface area contributed by atoms with Crippen LogP contribution in [0.4, 0.5) is 0 Å². The van der Waals surface area contributed by atoms with Crippen LogP contribution in [-0.2, 0) is 0 Å². The first-order valence-corrected chi connectivity index (χ1v) is 4.37. The molecular weight excluding hydrogens is 176 g/mol. The van der Waals surface area contributed by atoms with Gasteiger partial charge in [0.25, 0.3) is 0 Å². The molecule has 2 nitrogen and oxygen atoms in total. The molecule has 0 aliphatic rings. The normalized spacial score (nSPS) is 11.7. The summed E-state index contributed by atoms with van der Waals surface area (Å²) in [5.74, 6) is 1.68. The van der Waals surface area contributed by atoms with Crippen LogP contribution in [0, 0.1) is 0 Å². The van der Waals surface area contributed by atoms with Crippen molar-refractivity contribution in [3.63, 3.8) is 0 Å². The van der Waals surface area contributed by atoms with Crippen molar-refractivity contribution in [2.75, 3.05) is 0 Å². The number of hydrogen-bond acceptors (Lipinski definition) is 2. The lowest BCUT2D eigenvalue weighted by atomic mass is 10.3. The van der Waals surface area contributed by atoms with Crippen LogP contribution in [0.25, 0.3) is 12.2 Å². The highest BCUT2D eigenvalue weighted by Crippen LogP contribution is 2.04. The fourth-order valence-electron chi connectivity index (χ4n) is 1.07. The Morgan fingerprint density at radius 3 is 1.64 bits per heavy atom. The molecule has 0 spiro atoms. The molecule has 2 heterocycles. The van der Waals surface area contributed by atoms with Crippen LogP contribution >= 0.6 is 0 Å². The maximum atomic E-state index is 5.13. The summed E-state index contributed by atoms with van der Waals surface area (Å²) in [4.78, 5) is 0. The van der Waals surface area contributed by atoms with Gasteiger partial charge in [-0.3, -0.25) is 0 Å². The van der Waals surface area contributed by atoms with Crippen LogP contribution in [0.2, 0.25) is 0 Å². The SMILES string of the molecule is C(C=Cc1ccco1)=Cc1ccco1. The van der Waals surface area contributed by atoms with Gasteiger partial charge in [-0.1, -0.05) is 12.2 Å². The summed E-state index contributed by atoms with van der Waals surface area (Å²) in [6, 6.07) is 7.51. The smallest absolute Gasteiger partial charge is 0.126 e. The minimum Gasteiger partial charge on any atom is -0.465 e.